The van der Waals surface area contributed by atoms with Crippen LogP contribution in [0.5, 0.6) is 0 Å². The van der Waals surface area contributed by atoms with E-state index in [1.807, 2.05) is 24.3 Å². The maximum Gasteiger partial charge on any atom is 3.00 e. The Kier molecular flexibility index (Phi) is 22.4. The second-order valence-electron chi connectivity index (χ2n) is 4.27. The molecule has 0 bridgehead atoms. The third-order valence-corrected chi connectivity index (χ3v) is 2.53. The molecular weight excluding hydrogens is 307 g/mol. The molecule has 19 heavy (non-hydrogen) atoms. The van der Waals surface area contributed by atoms with Gasteiger partial charge in [-0.25, -0.2) is 24.3 Å². The first-order chi connectivity index (χ1) is 8.91. The predicted molar refractivity (Wildman–Crippen MR) is 81.9 cm³/mol. The number of hydrogen-bond donors (Lipinski definition) is 0. The molecule has 0 saturated carbocycles. The number of hydrogen-bond acceptors (Lipinski definition) is 0. The topological polar surface area (TPSA) is 0 Å². The van der Waals surface area contributed by atoms with E-state index in [0.717, 1.165) is 19.3 Å². The normalized spacial score (nSPS) is 13.4. The summed E-state index contributed by atoms with van der Waals surface area (Å²) in [6.45, 7) is 6.02. The van der Waals surface area contributed by atoms with E-state index in [0.29, 0.717) is 0 Å². The second kappa shape index (κ2) is 20.2. The summed E-state index contributed by atoms with van der Waals surface area (Å²) >= 11 is 0. The fourth-order valence-electron chi connectivity index (χ4n) is 1.46. The molecule has 0 N–H and O–H groups in total. The largest absolute Gasteiger partial charge is 3.00 e. The van der Waals surface area contributed by atoms with Crippen LogP contribution in [0.3, 0.4) is 0 Å². The Hall–Kier alpha value is -0.157. The minimum Gasteiger partial charge on any atom is -0.343 e. The molecule has 0 fully saturated rings. The van der Waals surface area contributed by atoms with Gasteiger partial charge >= 0.3 is 26.2 Å². The standard InChI is InChI=1S/C8H17.2C5H5.Zr/c1-3-5-7-8-6-4-2;2*1-2-4-5-3-1;/h1,3-8H2,2H3;2*1-3H,4H2;/q3*-1;+3. The van der Waals surface area contributed by atoms with E-state index in [2.05, 4.69) is 38.2 Å². The Balaban J connectivity index is 0. The van der Waals surface area contributed by atoms with Crippen molar-refractivity contribution in [2.75, 3.05) is 0 Å². The van der Waals surface area contributed by atoms with Crippen LogP contribution in [-0.2, 0) is 26.2 Å². The van der Waals surface area contributed by atoms with Crippen molar-refractivity contribution in [2.45, 2.75) is 58.3 Å². The van der Waals surface area contributed by atoms with Crippen LogP contribution in [0.15, 0.2) is 36.5 Å². The minimum atomic E-state index is 0. The predicted octanol–water partition coefficient (Wildman–Crippen LogP) is 5.79. The second-order valence-corrected chi connectivity index (χ2v) is 4.27. The minimum absolute atomic E-state index is 0. The Bertz CT molecular complexity index is 211. The van der Waals surface area contributed by atoms with Crippen LogP contribution >= 0.6 is 0 Å². The van der Waals surface area contributed by atoms with Gasteiger partial charge in [-0.3, -0.25) is 12.2 Å². The molecule has 0 nitrogen and oxygen atoms in total. The van der Waals surface area contributed by atoms with Gasteiger partial charge in [-0.1, -0.05) is 39.0 Å². The summed E-state index contributed by atoms with van der Waals surface area (Å²) in [6, 6.07) is 0. The Morgan fingerprint density at radius 2 is 1.42 bits per heavy atom. The molecule has 0 aliphatic heterocycles. The van der Waals surface area contributed by atoms with Crippen LogP contribution < -0.4 is 0 Å². The van der Waals surface area contributed by atoms with Gasteiger partial charge in [0.05, 0.1) is 0 Å². The zero-order valence-corrected chi connectivity index (χ0v) is 14.8. The zero-order valence-electron chi connectivity index (χ0n) is 12.3. The quantitative estimate of drug-likeness (QED) is 0.441. The van der Waals surface area contributed by atoms with Gasteiger partial charge in [-0.15, -0.1) is 12.8 Å². The molecule has 1 radical (unpaired) electrons. The summed E-state index contributed by atoms with van der Waals surface area (Å²) in [4.78, 5) is 0. The van der Waals surface area contributed by atoms with Crippen molar-refractivity contribution in [1.82, 2.24) is 0 Å². The third-order valence-electron chi connectivity index (χ3n) is 2.53. The summed E-state index contributed by atoms with van der Waals surface area (Å²) in [5, 5.41) is 0. The van der Waals surface area contributed by atoms with Crippen molar-refractivity contribution >= 4 is 0 Å². The molecule has 0 aromatic rings. The first kappa shape index (κ1) is 21.1. The summed E-state index contributed by atoms with van der Waals surface area (Å²) in [7, 11) is 0. The van der Waals surface area contributed by atoms with Crippen LogP contribution in [0, 0.1) is 19.1 Å². The molecule has 2 aliphatic carbocycles. The fourth-order valence-corrected chi connectivity index (χ4v) is 1.46. The van der Waals surface area contributed by atoms with E-state index in [1.165, 1.54) is 32.1 Å². The fraction of sp³-hybridized carbons (Fsp3) is 0.500. The number of unbranched alkanes of at least 4 members (excludes halogenated alkanes) is 5. The van der Waals surface area contributed by atoms with Gasteiger partial charge in [0.15, 0.2) is 0 Å². The maximum absolute atomic E-state index is 3.78. The van der Waals surface area contributed by atoms with Crippen LogP contribution in [-0.4, -0.2) is 0 Å². The first-order valence-electron chi connectivity index (χ1n) is 7.14. The van der Waals surface area contributed by atoms with Crippen LogP contribution in [0.1, 0.15) is 58.3 Å². The van der Waals surface area contributed by atoms with Crippen molar-refractivity contribution < 1.29 is 26.2 Å². The van der Waals surface area contributed by atoms with Crippen LogP contribution in [0.2, 0.25) is 0 Å². The molecule has 103 valence electrons. The van der Waals surface area contributed by atoms with Crippen molar-refractivity contribution in [3.05, 3.63) is 55.5 Å². The summed E-state index contributed by atoms with van der Waals surface area (Å²) in [5.74, 6) is 0. The van der Waals surface area contributed by atoms with Crippen molar-refractivity contribution in [2.24, 2.45) is 0 Å². The molecule has 0 unspecified atom stereocenters. The van der Waals surface area contributed by atoms with E-state index < -0.39 is 0 Å². The number of rotatable bonds is 5. The maximum atomic E-state index is 3.78. The number of allylic oxidation sites excluding steroid dienone is 8. The Morgan fingerprint density at radius 1 is 0.895 bits per heavy atom. The van der Waals surface area contributed by atoms with Gasteiger partial charge in [0.25, 0.3) is 0 Å². The molecule has 0 aromatic carbocycles. The van der Waals surface area contributed by atoms with Gasteiger partial charge in [0.1, 0.15) is 0 Å². The van der Waals surface area contributed by atoms with E-state index in [9.17, 15) is 0 Å². The van der Waals surface area contributed by atoms with Crippen LogP contribution in [0.4, 0.5) is 0 Å². The molecule has 0 saturated heterocycles. The van der Waals surface area contributed by atoms with Crippen LogP contribution in [0.25, 0.3) is 0 Å². The van der Waals surface area contributed by atoms with Crippen molar-refractivity contribution in [3.8, 4) is 0 Å². The Labute approximate surface area is 139 Å². The molecule has 0 atom stereocenters. The monoisotopic (exact) mass is 333 g/mol. The summed E-state index contributed by atoms with van der Waals surface area (Å²) < 4.78 is 0. The molecular formula is C18H27Zr. The average molecular weight is 335 g/mol. The van der Waals surface area contributed by atoms with Gasteiger partial charge < -0.3 is 6.92 Å². The third kappa shape index (κ3) is 20.3. The Morgan fingerprint density at radius 3 is 1.68 bits per heavy atom. The molecule has 0 aromatic heterocycles. The molecule has 0 amide bonds. The molecule has 0 spiro atoms. The zero-order chi connectivity index (χ0) is 13.3. The van der Waals surface area contributed by atoms with Crippen molar-refractivity contribution in [3.63, 3.8) is 0 Å². The van der Waals surface area contributed by atoms with Gasteiger partial charge in [0.2, 0.25) is 0 Å². The average Bonchev–Trinajstić information content (AvgIpc) is 3.12. The SMILES string of the molecule is [C-]1=CC=CC1.[C-]1=CC=CC1.[CH2-]CCCCCCC.[Zr+3]. The van der Waals surface area contributed by atoms with E-state index in [4.69, 9.17) is 0 Å². The van der Waals surface area contributed by atoms with E-state index in [1.54, 1.807) is 0 Å². The van der Waals surface area contributed by atoms with E-state index >= 15 is 0 Å². The van der Waals surface area contributed by atoms with Crippen molar-refractivity contribution in [1.29, 1.82) is 0 Å². The van der Waals surface area contributed by atoms with Gasteiger partial charge in [0, 0.05) is 0 Å². The summed E-state index contributed by atoms with van der Waals surface area (Å²) in [6.07, 6.45) is 28.0. The smallest absolute Gasteiger partial charge is 0.343 e. The molecule has 0 heterocycles. The van der Waals surface area contributed by atoms with E-state index in [-0.39, 0.29) is 26.2 Å². The molecule has 2 rings (SSSR count). The summed E-state index contributed by atoms with van der Waals surface area (Å²) in [5.41, 5.74) is 0. The molecule has 1 heteroatoms. The van der Waals surface area contributed by atoms with Gasteiger partial charge in [-0.2, -0.15) is 18.6 Å². The first-order valence-corrected chi connectivity index (χ1v) is 7.14. The van der Waals surface area contributed by atoms with Gasteiger partial charge in [-0.05, 0) is 0 Å². The molecule has 2 aliphatic rings.